The zero-order chi connectivity index (χ0) is 20.0. The van der Waals surface area contributed by atoms with E-state index in [2.05, 4.69) is 6.92 Å². The molecule has 2 aromatic rings. The van der Waals surface area contributed by atoms with Crippen molar-refractivity contribution in [1.82, 2.24) is 0 Å². The molecule has 0 spiro atoms. The van der Waals surface area contributed by atoms with Crippen LogP contribution in [0.15, 0.2) is 24.3 Å². The van der Waals surface area contributed by atoms with E-state index in [0.717, 1.165) is 18.4 Å². The Kier molecular flexibility index (Phi) is 7.36. The number of hydrogen-bond acceptors (Lipinski definition) is 5. The van der Waals surface area contributed by atoms with Crippen LogP contribution in [0.5, 0.6) is 23.0 Å². The van der Waals surface area contributed by atoms with Gasteiger partial charge in [0.25, 0.3) is 0 Å². The van der Waals surface area contributed by atoms with Crippen molar-refractivity contribution in [2.24, 2.45) is 0 Å². The molecule has 0 amide bonds. The third-order valence-corrected chi connectivity index (χ3v) is 4.53. The zero-order valence-electron chi connectivity index (χ0n) is 16.3. The smallest absolute Gasteiger partial charge is 0.202 e. The average Bonchev–Trinajstić information content (AvgIpc) is 2.67. The van der Waals surface area contributed by atoms with Crippen LogP contribution in [0.2, 0.25) is 5.02 Å². The number of aryl methyl sites for hydroxylation is 1. The molecule has 2 rings (SSSR count). The summed E-state index contributed by atoms with van der Waals surface area (Å²) in [5.41, 5.74) is 1.44. The Bertz CT molecular complexity index is 817. The summed E-state index contributed by atoms with van der Waals surface area (Å²) >= 11 is 6.39. The Morgan fingerprint density at radius 1 is 1.00 bits per heavy atom. The molecule has 0 aliphatic heterocycles. The van der Waals surface area contributed by atoms with Crippen LogP contribution in [0.4, 0.5) is 0 Å². The van der Waals surface area contributed by atoms with E-state index in [4.69, 9.17) is 30.5 Å². The van der Waals surface area contributed by atoms with E-state index in [1.165, 1.54) is 14.2 Å². The molecule has 0 saturated heterocycles. The van der Waals surface area contributed by atoms with E-state index in [1.54, 1.807) is 25.3 Å². The fraction of sp³-hybridized carbons (Fsp3) is 0.381. The van der Waals surface area contributed by atoms with Gasteiger partial charge in [0.05, 0.1) is 44.1 Å². The summed E-state index contributed by atoms with van der Waals surface area (Å²) < 4.78 is 21.9. The number of halogens is 1. The Morgan fingerprint density at radius 2 is 1.70 bits per heavy atom. The molecule has 2 aromatic carbocycles. The summed E-state index contributed by atoms with van der Waals surface area (Å²) in [7, 11) is 4.56. The Balaban J connectivity index is 2.62. The van der Waals surface area contributed by atoms with Crippen LogP contribution in [0.1, 0.15) is 41.3 Å². The summed E-state index contributed by atoms with van der Waals surface area (Å²) in [5.74, 6) is 1.48. The maximum absolute atomic E-state index is 13.4. The molecule has 0 aromatic heterocycles. The molecule has 27 heavy (non-hydrogen) atoms. The van der Waals surface area contributed by atoms with Crippen molar-refractivity contribution in [3.05, 3.63) is 46.0 Å². The molecule has 6 heteroatoms. The van der Waals surface area contributed by atoms with Crippen LogP contribution in [0.25, 0.3) is 0 Å². The fourth-order valence-electron chi connectivity index (χ4n) is 2.75. The molecule has 0 heterocycles. The molecule has 0 N–H and O–H groups in total. The molecule has 0 unspecified atom stereocenters. The van der Waals surface area contributed by atoms with E-state index in [0.29, 0.717) is 35.2 Å². The number of unbranched alkanes of at least 4 members (excludes halogenated alkanes) is 1. The number of methoxy groups -OCH3 is 3. The second-order valence-electron chi connectivity index (χ2n) is 6.01. The monoisotopic (exact) mass is 392 g/mol. The van der Waals surface area contributed by atoms with Gasteiger partial charge >= 0.3 is 0 Å². The van der Waals surface area contributed by atoms with E-state index in [1.807, 2.05) is 13.0 Å². The molecule has 0 fully saturated rings. The predicted octanol–water partition coefficient (Wildman–Crippen LogP) is 5.08. The number of carbonyl (C=O) groups excluding carboxylic acids is 1. The largest absolute Gasteiger partial charge is 0.497 e. The summed E-state index contributed by atoms with van der Waals surface area (Å²) in [5, 5.41) is 0.248. The standard InChI is InChI=1S/C21H25ClO5/c1-6-7-10-27-21-16(25-4)9-8-13(2)18(21)20(23)19-15(22)11-14(24-3)12-17(19)26-5/h8-9,11-12H,6-7,10H2,1-5H3. The molecular formula is C21H25ClO5. The molecule has 5 nitrogen and oxygen atoms in total. The zero-order valence-corrected chi connectivity index (χ0v) is 17.1. The highest BCUT2D eigenvalue weighted by atomic mass is 35.5. The maximum atomic E-state index is 13.4. The first-order valence-electron chi connectivity index (χ1n) is 8.75. The van der Waals surface area contributed by atoms with Crippen LogP contribution < -0.4 is 18.9 Å². The van der Waals surface area contributed by atoms with E-state index in [-0.39, 0.29) is 16.4 Å². The second kappa shape index (κ2) is 9.51. The number of carbonyl (C=O) groups is 1. The van der Waals surface area contributed by atoms with Crippen LogP contribution in [-0.2, 0) is 0 Å². The molecule has 0 aliphatic carbocycles. The van der Waals surface area contributed by atoms with Gasteiger partial charge in [-0.2, -0.15) is 0 Å². The number of benzene rings is 2. The van der Waals surface area contributed by atoms with Crippen molar-refractivity contribution in [2.45, 2.75) is 26.7 Å². The van der Waals surface area contributed by atoms with E-state index < -0.39 is 0 Å². The Morgan fingerprint density at radius 3 is 2.30 bits per heavy atom. The predicted molar refractivity (Wildman–Crippen MR) is 106 cm³/mol. The molecular weight excluding hydrogens is 368 g/mol. The first-order valence-corrected chi connectivity index (χ1v) is 9.12. The topological polar surface area (TPSA) is 54.0 Å². The highest BCUT2D eigenvalue weighted by Crippen LogP contribution is 2.39. The van der Waals surface area contributed by atoms with Crippen LogP contribution in [0, 0.1) is 6.92 Å². The third kappa shape index (κ3) is 4.48. The van der Waals surface area contributed by atoms with Gasteiger partial charge in [0.2, 0.25) is 5.78 Å². The molecule has 0 radical (unpaired) electrons. The SMILES string of the molecule is CCCCOc1c(OC)ccc(C)c1C(=O)c1c(Cl)cc(OC)cc1OC. The van der Waals surface area contributed by atoms with Gasteiger partial charge < -0.3 is 18.9 Å². The van der Waals surface area contributed by atoms with Crippen molar-refractivity contribution < 1.29 is 23.7 Å². The molecule has 0 aliphatic rings. The van der Waals surface area contributed by atoms with Gasteiger partial charge in [-0.15, -0.1) is 0 Å². The highest BCUT2D eigenvalue weighted by Gasteiger charge is 2.26. The first-order chi connectivity index (χ1) is 13.0. The minimum absolute atomic E-state index is 0.248. The number of rotatable bonds is 9. The fourth-order valence-corrected chi connectivity index (χ4v) is 3.04. The van der Waals surface area contributed by atoms with Crippen molar-refractivity contribution in [3.63, 3.8) is 0 Å². The lowest BCUT2D eigenvalue weighted by molar-refractivity contribution is 0.103. The van der Waals surface area contributed by atoms with Crippen LogP contribution in [-0.4, -0.2) is 33.7 Å². The normalized spacial score (nSPS) is 10.4. The van der Waals surface area contributed by atoms with Crippen LogP contribution in [0.3, 0.4) is 0 Å². The van der Waals surface area contributed by atoms with Gasteiger partial charge in [0.15, 0.2) is 11.5 Å². The lowest BCUT2D eigenvalue weighted by atomic mass is 9.96. The van der Waals surface area contributed by atoms with E-state index >= 15 is 0 Å². The number of ether oxygens (including phenoxy) is 4. The van der Waals surface area contributed by atoms with Crippen LogP contribution >= 0.6 is 11.6 Å². The van der Waals surface area contributed by atoms with Crippen molar-refractivity contribution in [1.29, 1.82) is 0 Å². The molecule has 0 atom stereocenters. The van der Waals surface area contributed by atoms with Gasteiger partial charge in [-0.1, -0.05) is 31.0 Å². The number of ketones is 1. The van der Waals surface area contributed by atoms with Gasteiger partial charge in [-0.25, -0.2) is 0 Å². The van der Waals surface area contributed by atoms with Crippen molar-refractivity contribution in [2.75, 3.05) is 27.9 Å². The molecule has 0 saturated carbocycles. The maximum Gasteiger partial charge on any atom is 0.202 e. The minimum atomic E-state index is -0.289. The quantitative estimate of drug-likeness (QED) is 0.439. The third-order valence-electron chi connectivity index (χ3n) is 4.23. The Hall–Kier alpha value is -2.40. The summed E-state index contributed by atoms with van der Waals surface area (Å²) in [6.45, 7) is 4.41. The summed E-state index contributed by atoms with van der Waals surface area (Å²) in [6, 6.07) is 6.83. The highest BCUT2D eigenvalue weighted by molar-refractivity contribution is 6.36. The molecule has 146 valence electrons. The van der Waals surface area contributed by atoms with Gasteiger partial charge in [-0.05, 0) is 31.0 Å². The second-order valence-corrected chi connectivity index (χ2v) is 6.41. The van der Waals surface area contributed by atoms with Crippen molar-refractivity contribution >= 4 is 17.4 Å². The van der Waals surface area contributed by atoms with E-state index in [9.17, 15) is 4.79 Å². The number of hydrogen-bond donors (Lipinski definition) is 0. The molecule has 0 bridgehead atoms. The van der Waals surface area contributed by atoms with Gasteiger partial charge in [-0.3, -0.25) is 4.79 Å². The lowest BCUT2D eigenvalue weighted by Crippen LogP contribution is -2.11. The summed E-state index contributed by atoms with van der Waals surface area (Å²) in [6.07, 6.45) is 1.85. The van der Waals surface area contributed by atoms with Crippen molar-refractivity contribution in [3.8, 4) is 23.0 Å². The van der Waals surface area contributed by atoms with Gasteiger partial charge in [0, 0.05) is 6.07 Å². The first kappa shape index (κ1) is 20.9. The minimum Gasteiger partial charge on any atom is -0.497 e. The van der Waals surface area contributed by atoms with Gasteiger partial charge in [0.1, 0.15) is 11.5 Å². The summed E-state index contributed by atoms with van der Waals surface area (Å²) in [4.78, 5) is 13.4. The lowest BCUT2D eigenvalue weighted by Gasteiger charge is -2.18. The average molecular weight is 393 g/mol. The Labute approximate surface area is 165 Å².